The molecule has 3 aromatic rings. The smallest absolute Gasteiger partial charge is 0.413 e. The zero-order chi connectivity index (χ0) is 15.5. The van der Waals surface area contributed by atoms with Gasteiger partial charge >= 0.3 is 6.09 Å². The van der Waals surface area contributed by atoms with Gasteiger partial charge in [0.05, 0.1) is 12.6 Å². The molecule has 22 heavy (non-hydrogen) atoms. The van der Waals surface area contributed by atoms with Crippen molar-refractivity contribution < 1.29 is 9.53 Å². The second kappa shape index (κ2) is 5.98. The number of H-pyrrole nitrogens is 1. The lowest BCUT2D eigenvalue weighted by molar-refractivity contribution is 0.186. The number of carbonyl (C=O) groups excluding carboxylic acids is 1. The number of hydrogen-bond donors (Lipinski definition) is 2. The molecule has 3 rings (SSSR count). The van der Waals surface area contributed by atoms with Gasteiger partial charge < -0.3 is 4.74 Å². The summed E-state index contributed by atoms with van der Waals surface area (Å²) in [6.45, 7) is 0. The molecule has 0 bridgehead atoms. The number of nitrogens with one attached hydrogen (secondary N) is 2. The predicted molar refractivity (Wildman–Crippen MR) is 85.5 cm³/mol. The molecule has 112 valence electrons. The third-order valence-corrected chi connectivity index (χ3v) is 4.16. The van der Waals surface area contributed by atoms with E-state index in [0.29, 0.717) is 16.6 Å². The minimum absolute atomic E-state index is 0.0806. The Kier molecular flexibility index (Phi) is 3.88. The number of thiophene rings is 1. The van der Waals surface area contributed by atoms with Crippen LogP contribution in [0.3, 0.4) is 0 Å². The van der Waals surface area contributed by atoms with Crippen LogP contribution in [0.5, 0.6) is 0 Å². The molecule has 2 aromatic heterocycles. The van der Waals surface area contributed by atoms with Crippen LogP contribution in [0.15, 0.2) is 40.5 Å². The number of benzene rings is 1. The van der Waals surface area contributed by atoms with E-state index in [4.69, 9.17) is 0 Å². The molecule has 0 fully saturated rings. The van der Waals surface area contributed by atoms with Crippen LogP contribution in [0, 0.1) is 0 Å². The first-order valence-corrected chi connectivity index (χ1v) is 7.44. The third kappa shape index (κ3) is 2.84. The standard InChI is InChI=1S/C15H13N3O3S/c1-21-15(20)18-14-16-11-10(7-9-5-3-2-4-6-9)8-22-12(11)13(19)17-14/h2-6,8H,7H2,1H3,(H2,16,17,18,19,20). The van der Waals surface area contributed by atoms with E-state index in [-0.39, 0.29) is 11.5 Å². The summed E-state index contributed by atoms with van der Waals surface area (Å²) in [5.41, 5.74) is 2.40. The molecule has 0 aliphatic rings. The van der Waals surface area contributed by atoms with Crippen molar-refractivity contribution in [2.45, 2.75) is 6.42 Å². The van der Waals surface area contributed by atoms with Gasteiger partial charge in [0.25, 0.3) is 5.56 Å². The van der Waals surface area contributed by atoms with Gasteiger partial charge in [-0.25, -0.2) is 9.78 Å². The maximum atomic E-state index is 12.1. The van der Waals surface area contributed by atoms with E-state index in [0.717, 1.165) is 11.1 Å². The molecule has 2 heterocycles. The number of ether oxygens (including phenoxy) is 1. The number of aromatic amines is 1. The molecule has 0 radical (unpaired) electrons. The van der Waals surface area contributed by atoms with Crippen LogP contribution < -0.4 is 10.9 Å². The largest absolute Gasteiger partial charge is 0.453 e. The molecule has 0 aliphatic carbocycles. The molecule has 0 atom stereocenters. The Labute approximate surface area is 129 Å². The van der Waals surface area contributed by atoms with Gasteiger partial charge in [0, 0.05) is 6.42 Å². The third-order valence-electron chi connectivity index (χ3n) is 3.14. The number of methoxy groups -OCH3 is 1. The molecular weight excluding hydrogens is 302 g/mol. The Hall–Kier alpha value is -2.67. The summed E-state index contributed by atoms with van der Waals surface area (Å²) in [6.07, 6.45) is -0.00284. The normalized spacial score (nSPS) is 10.6. The van der Waals surface area contributed by atoms with E-state index in [9.17, 15) is 9.59 Å². The highest BCUT2D eigenvalue weighted by Crippen LogP contribution is 2.24. The molecule has 0 saturated heterocycles. The number of hydrogen-bond acceptors (Lipinski definition) is 5. The zero-order valence-electron chi connectivity index (χ0n) is 11.8. The van der Waals surface area contributed by atoms with E-state index in [1.165, 1.54) is 18.4 Å². The predicted octanol–water partition coefficient (Wildman–Crippen LogP) is 2.75. The first kappa shape index (κ1) is 14.3. The van der Waals surface area contributed by atoms with Crippen LogP contribution >= 0.6 is 11.3 Å². The lowest BCUT2D eigenvalue weighted by Gasteiger charge is -2.04. The topological polar surface area (TPSA) is 84.1 Å². The molecule has 1 aromatic carbocycles. The first-order valence-electron chi connectivity index (χ1n) is 6.56. The van der Waals surface area contributed by atoms with Gasteiger partial charge in [0.2, 0.25) is 5.95 Å². The number of nitrogens with zero attached hydrogens (tertiary/aromatic N) is 1. The summed E-state index contributed by atoms with van der Waals surface area (Å²) in [4.78, 5) is 30.2. The minimum atomic E-state index is -0.678. The first-order chi connectivity index (χ1) is 10.7. The quantitative estimate of drug-likeness (QED) is 0.778. The van der Waals surface area contributed by atoms with Gasteiger partial charge in [-0.1, -0.05) is 30.3 Å². The minimum Gasteiger partial charge on any atom is -0.453 e. The molecule has 7 heteroatoms. The van der Waals surface area contributed by atoms with E-state index in [1.54, 1.807) is 0 Å². The molecular formula is C15H13N3O3S. The maximum Gasteiger partial charge on any atom is 0.413 e. The average molecular weight is 315 g/mol. The number of rotatable bonds is 3. The van der Waals surface area contributed by atoms with E-state index in [1.807, 2.05) is 35.7 Å². The van der Waals surface area contributed by atoms with Crippen molar-refractivity contribution in [2.24, 2.45) is 0 Å². The summed E-state index contributed by atoms with van der Waals surface area (Å²) in [6, 6.07) is 9.92. The maximum absolute atomic E-state index is 12.1. The van der Waals surface area contributed by atoms with Gasteiger partial charge in [-0.3, -0.25) is 15.1 Å². The summed E-state index contributed by atoms with van der Waals surface area (Å²) in [7, 11) is 1.25. The summed E-state index contributed by atoms with van der Waals surface area (Å²) < 4.78 is 5.05. The van der Waals surface area contributed by atoms with Crippen molar-refractivity contribution in [1.82, 2.24) is 9.97 Å². The molecule has 0 spiro atoms. The lowest BCUT2D eigenvalue weighted by atomic mass is 10.1. The Balaban J connectivity index is 2.01. The molecule has 0 aliphatic heterocycles. The van der Waals surface area contributed by atoms with E-state index in [2.05, 4.69) is 20.0 Å². The van der Waals surface area contributed by atoms with Crippen molar-refractivity contribution in [3.8, 4) is 0 Å². The Morgan fingerprint density at radius 3 is 2.86 bits per heavy atom. The Morgan fingerprint density at radius 1 is 1.36 bits per heavy atom. The second-order valence-electron chi connectivity index (χ2n) is 4.63. The van der Waals surface area contributed by atoms with Crippen LogP contribution in [-0.2, 0) is 11.2 Å². The fourth-order valence-electron chi connectivity index (χ4n) is 2.12. The number of aromatic nitrogens is 2. The summed E-state index contributed by atoms with van der Waals surface area (Å²) in [5, 5.41) is 4.30. The van der Waals surface area contributed by atoms with Gasteiger partial charge in [-0.15, -0.1) is 11.3 Å². The number of anilines is 1. The number of fused-ring (bicyclic) bond motifs is 1. The van der Waals surface area contributed by atoms with Crippen molar-refractivity contribution in [3.05, 3.63) is 57.2 Å². The molecule has 6 nitrogen and oxygen atoms in total. The van der Waals surface area contributed by atoms with Crippen molar-refractivity contribution in [3.63, 3.8) is 0 Å². The fraction of sp³-hybridized carbons (Fsp3) is 0.133. The van der Waals surface area contributed by atoms with Crippen molar-refractivity contribution in [1.29, 1.82) is 0 Å². The molecule has 0 saturated carbocycles. The van der Waals surface area contributed by atoms with Crippen molar-refractivity contribution in [2.75, 3.05) is 12.4 Å². The van der Waals surface area contributed by atoms with Crippen LogP contribution in [0.25, 0.3) is 10.2 Å². The second-order valence-corrected chi connectivity index (χ2v) is 5.51. The Bertz CT molecular complexity index is 871. The van der Waals surface area contributed by atoms with E-state index >= 15 is 0 Å². The van der Waals surface area contributed by atoms with Crippen LogP contribution in [0.4, 0.5) is 10.7 Å². The van der Waals surface area contributed by atoms with Gasteiger partial charge in [-0.2, -0.15) is 0 Å². The highest BCUT2D eigenvalue weighted by atomic mass is 32.1. The van der Waals surface area contributed by atoms with E-state index < -0.39 is 6.09 Å². The summed E-state index contributed by atoms with van der Waals surface area (Å²) in [5.74, 6) is 0.0806. The monoisotopic (exact) mass is 315 g/mol. The van der Waals surface area contributed by atoms with Crippen LogP contribution in [0.1, 0.15) is 11.1 Å². The molecule has 1 amide bonds. The zero-order valence-corrected chi connectivity index (χ0v) is 12.6. The van der Waals surface area contributed by atoms with Gasteiger partial charge in [0.15, 0.2) is 0 Å². The summed E-state index contributed by atoms with van der Waals surface area (Å²) >= 11 is 1.34. The lowest BCUT2D eigenvalue weighted by Crippen LogP contribution is -2.17. The highest BCUT2D eigenvalue weighted by Gasteiger charge is 2.12. The number of carbonyl (C=O) groups is 1. The Morgan fingerprint density at radius 2 is 2.14 bits per heavy atom. The SMILES string of the molecule is COC(=O)Nc1nc2c(Cc3ccccc3)csc2c(=O)[nH]1. The van der Waals surface area contributed by atoms with Crippen LogP contribution in [0.2, 0.25) is 0 Å². The van der Waals surface area contributed by atoms with Crippen LogP contribution in [-0.4, -0.2) is 23.2 Å². The molecule has 0 unspecified atom stereocenters. The number of amides is 1. The average Bonchev–Trinajstić information content (AvgIpc) is 2.92. The van der Waals surface area contributed by atoms with Gasteiger partial charge in [0.1, 0.15) is 4.70 Å². The fourth-order valence-corrected chi connectivity index (χ4v) is 3.02. The van der Waals surface area contributed by atoms with Crippen molar-refractivity contribution >= 4 is 33.6 Å². The highest BCUT2D eigenvalue weighted by molar-refractivity contribution is 7.17. The van der Waals surface area contributed by atoms with Gasteiger partial charge in [-0.05, 0) is 16.5 Å². The molecule has 2 N–H and O–H groups in total.